The monoisotopic (exact) mass is 396 g/mol. The van der Waals surface area contributed by atoms with E-state index in [1.165, 1.54) is 12.1 Å². The third-order valence-corrected chi connectivity index (χ3v) is 5.31. The zero-order valence-electron chi connectivity index (χ0n) is 15.7. The molecule has 2 aromatic carbocycles. The number of carbonyl (C=O) groups is 2. The number of hydrogen-bond acceptors (Lipinski definition) is 3. The number of nitrogens with one attached hydrogen (secondary N) is 3. The lowest BCUT2D eigenvalue weighted by atomic mass is 9.90. The highest BCUT2D eigenvalue weighted by molar-refractivity contribution is 6.39. The molecule has 0 aliphatic carbocycles. The number of anilines is 1. The number of nitrogens with zero attached hydrogens (tertiary/aromatic N) is 1. The Kier molecular flexibility index (Phi) is 5.16. The smallest absolute Gasteiger partial charge is 0.323 e. The molecule has 2 amide bonds. The standard InChI is InChI=1S/C21H21FN4O3/c22-15-3-1-13(2-4-15)11-14-7-9-26(10-8-14)20(28)19(27)23-16-5-6-17-18(12-16)25-21(29)24-17/h1-6,12,14H,7-11H2,(H,23,27)(H2,24,25,29). The minimum Gasteiger partial charge on any atom is -0.334 e. The zero-order valence-corrected chi connectivity index (χ0v) is 15.7. The predicted octanol–water partition coefficient (Wildman–Crippen LogP) is 2.42. The highest BCUT2D eigenvalue weighted by Crippen LogP contribution is 2.22. The van der Waals surface area contributed by atoms with Crippen molar-refractivity contribution in [3.8, 4) is 0 Å². The maximum Gasteiger partial charge on any atom is 0.323 e. The van der Waals surface area contributed by atoms with E-state index in [1.807, 2.05) is 0 Å². The van der Waals surface area contributed by atoms with Crippen molar-refractivity contribution in [1.82, 2.24) is 14.9 Å². The molecule has 0 bridgehead atoms. The fraction of sp³-hybridized carbons (Fsp3) is 0.286. The largest absolute Gasteiger partial charge is 0.334 e. The predicted molar refractivity (Wildman–Crippen MR) is 107 cm³/mol. The fourth-order valence-electron chi connectivity index (χ4n) is 3.73. The van der Waals surface area contributed by atoms with Crippen molar-refractivity contribution in [2.45, 2.75) is 19.3 Å². The third kappa shape index (κ3) is 4.37. The van der Waals surface area contributed by atoms with Gasteiger partial charge in [-0.2, -0.15) is 0 Å². The Morgan fingerprint density at radius 3 is 2.45 bits per heavy atom. The Morgan fingerprint density at radius 2 is 1.72 bits per heavy atom. The molecule has 1 aliphatic rings. The number of piperidine rings is 1. The van der Waals surface area contributed by atoms with Crippen LogP contribution in [0.4, 0.5) is 10.1 Å². The van der Waals surface area contributed by atoms with Crippen molar-refractivity contribution in [3.05, 3.63) is 64.3 Å². The number of halogens is 1. The van der Waals surface area contributed by atoms with Crippen LogP contribution in [0.5, 0.6) is 0 Å². The van der Waals surface area contributed by atoms with Gasteiger partial charge in [-0.1, -0.05) is 12.1 Å². The Hall–Kier alpha value is -3.42. The van der Waals surface area contributed by atoms with Gasteiger partial charge in [0.1, 0.15) is 5.82 Å². The van der Waals surface area contributed by atoms with Crippen LogP contribution in [0.3, 0.4) is 0 Å². The van der Waals surface area contributed by atoms with Gasteiger partial charge >= 0.3 is 17.5 Å². The molecule has 0 unspecified atom stereocenters. The molecule has 0 saturated carbocycles. The van der Waals surface area contributed by atoms with E-state index in [0.29, 0.717) is 35.7 Å². The van der Waals surface area contributed by atoms with Crippen LogP contribution in [0.1, 0.15) is 18.4 Å². The van der Waals surface area contributed by atoms with Gasteiger partial charge < -0.3 is 20.2 Å². The summed E-state index contributed by atoms with van der Waals surface area (Å²) >= 11 is 0. The topological polar surface area (TPSA) is 98.1 Å². The SMILES string of the molecule is O=C(Nc1ccc2[nH]c(=O)[nH]c2c1)C(=O)N1CCC(Cc2ccc(F)cc2)CC1. The molecule has 3 N–H and O–H groups in total. The van der Waals surface area contributed by atoms with Crippen molar-refractivity contribution < 1.29 is 14.0 Å². The number of aromatic nitrogens is 2. The number of aromatic amines is 2. The number of rotatable bonds is 3. The lowest BCUT2D eigenvalue weighted by Crippen LogP contribution is -2.44. The van der Waals surface area contributed by atoms with Crippen LogP contribution in [0.2, 0.25) is 0 Å². The Balaban J connectivity index is 1.31. The van der Waals surface area contributed by atoms with E-state index in [2.05, 4.69) is 15.3 Å². The molecule has 1 aliphatic heterocycles. The molecule has 0 radical (unpaired) electrons. The maximum atomic E-state index is 13.0. The van der Waals surface area contributed by atoms with Gasteiger partial charge in [-0.3, -0.25) is 9.59 Å². The maximum absolute atomic E-state index is 13.0. The summed E-state index contributed by atoms with van der Waals surface area (Å²) in [6.45, 7) is 1.03. The zero-order chi connectivity index (χ0) is 20.4. The summed E-state index contributed by atoms with van der Waals surface area (Å²) in [4.78, 5) is 42.9. The molecule has 7 nitrogen and oxygen atoms in total. The molecule has 1 fully saturated rings. The summed E-state index contributed by atoms with van der Waals surface area (Å²) in [7, 11) is 0. The van der Waals surface area contributed by atoms with E-state index in [0.717, 1.165) is 24.8 Å². The molecule has 4 rings (SSSR count). The van der Waals surface area contributed by atoms with Gasteiger partial charge in [0, 0.05) is 18.8 Å². The van der Waals surface area contributed by atoms with Crippen LogP contribution in [0, 0.1) is 11.7 Å². The van der Waals surface area contributed by atoms with Gasteiger partial charge in [0.15, 0.2) is 0 Å². The van der Waals surface area contributed by atoms with Crippen LogP contribution >= 0.6 is 0 Å². The number of likely N-dealkylation sites (tertiary alicyclic amines) is 1. The normalized spacial score (nSPS) is 14.9. The van der Waals surface area contributed by atoms with E-state index < -0.39 is 11.8 Å². The van der Waals surface area contributed by atoms with Crippen LogP contribution in [-0.2, 0) is 16.0 Å². The first-order valence-corrected chi connectivity index (χ1v) is 9.55. The second-order valence-corrected chi connectivity index (χ2v) is 7.36. The molecular weight excluding hydrogens is 375 g/mol. The Morgan fingerprint density at radius 1 is 1.03 bits per heavy atom. The highest BCUT2D eigenvalue weighted by Gasteiger charge is 2.27. The number of amides is 2. The molecule has 29 heavy (non-hydrogen) atoms. The minimum atomic E-state index is -0.695. The van der Waals surface area contributed by atoms with Crippen molar-refractivity contribution >= 4 is 28.5 Å². The van der Waals surface area contributed by atoms with Crippen LogP contribution in [0.25, 0.3) is 11.0 Å². The van der Waals surface area contributed by atoms with Crippen LogP contribution in [-0.4, -0.2) is 39.8 Å². The molecule has 150 valence electrons. The van der Waals surface area contributed by atoms with Gasteiger partial charge in [-0.15, -0.1) is 0 Å². The summed E-state index contributed by atoms with van der Waals surface area (Å²) in [6.07, 6.45) is 2.43. The fourth-order valence-corrected chi connectivity index (χ4v) is 3.73. The molecule has 8 heteroatoms. The number of benzene rings is 2. The first-order chi connectivity index (χ1) is 14.0. The Bertz CT molecular complexity index is 1100. The number of fused-ring (bicyclic) bond motifs is 1. The van der Waals surface area contributed by atoms with Gasteiger partial charge in [0.05, 0.1) is 11.0 Å². The molecule has 1 saturated heterocycles. The van der Waals surface area contributed by atoms with E-state index >= 15 is 0 Å². The van der Waals surface area contributed by atoms with Gasteiger partial charge in [-0.25, -0.2) is 9.18 Å². The molecular formula is C21H21FN4O3. The van der Waals surface area contributed by atoms with Crippen molar-refractivity contribution in [2.75, 3.05) is 18.4 Å². The first kappa shape index (κ1) is 18.9. The van der Waals surface area contributed by atoms with Crippen LogP contribution < -0.4 is 11.0 Å². The quantitative estimate of drug-likeness (QED) is 0.593. The molecule has 2 heterocycles. The van der Waals surface area contributed by atoms with Gasteiger partial charge in [0.25, 0.3) is 0 Å². The summed E-state index contributed by atoms with van der Waals surface area (Å²) in [5, 5.41) is 2.60. The Labute approximate surface area is 165 Å². The number of hydrogen-bond donors (Lipinski definition) is 3. The van der Waals surface area contributed by atoms with Crippen molar-refractivity contribution in [3.63, 3.8) is 0 Å². The van der Waals surface area contributed by atoms with Crippen molar-refractivity contribution in [2.24, 2.45) is 5.92 Å². The van der Waals surface area contributed by atoms with Gasteiger partial charge in [-0.05, 0) is 61.1 Å². The summed E-state index contributed by atoms with van der Waals surface area (Å²) in [5.74, 6) is -1.10. The number of imidazole rings is 1. The van der Waals surface area contributed by atoms with E-state index in [-0.39, 0.29) is 11.5 Å². The molecule has 1 aromatic heterocycles. The summed E-state index contributed by atoms with van der Waals surface area (Å²) in [6, 6.07) is 11.4. The summed E-state index contributed by atoms with van der Waals surface area (Å²) in [5.41, 5.74) is 2.37. The minimum absolute atomic E-state index is 0.248. The highest BCUT2D eigenvalue weighted by atomic mass is 19.1. The number of H-pyrrole nitrogens is 2. The first-order valence-electron chi connectivity index (χ1n) is 9.55. The molecule has 0 spiro atoms. The van der Waals surface area contributed by atoms with Gasteiger partial charge in [0.2, 0.25) is 0 Å². The molecule has 3 aromatic rings. The van der Waals surface area contributed by atoms with E-state index in [1.54, 1.807) is 35.2 Å². The third-order valence-electron chi connectivity index (χ3n) is 5.31. The van der Waals surface area contributed by atoms with Crippen LogP contribution in [0.15, 0.2) is 47.3 Å². The number of carbonyl (C=O) groups excluding carboxylic acids is 2. The van der Waals surface area contributed by atoms with E-state index in [4.69, 9.17) is 0 Å². The second-order valence-electron chi connectivity index (χ2n) is 7.36. The summed E-state index contributed by atoms with van der Waals surface area (Å²) < 4.78 is 13.0. The van der Waals surface area contributed by atoms with Crippen molar-refractivity contribution in [1.29, 1.82) is 0 Å². The average molecular weight is 396 g/mol. The lowest BCUT2D eigenvalue weighted by molar-refractivity contribution is -0.144. The lowest BCUT2D eigenvalue weighted by Gasteiger charge is -2.31. The molecule has 0 atom stereocenters. The second kappa shape index (κ2) is 7.90. The van der Waals surface area contributed by atoms with E-state index in [9.17, 15) is 18.8 Å². The average Bonchev–Trinajstić information content (AvgIpc) is 3.09.